The Morgan fingerprint density at radius 3 is 1.02 bits per heavy atom. The number of aryl methyl sites for hydroxylation is 4. The molecule has 116 heavy (non-hydrogen) atoms. The molecule has 0 spiro atoms. The predicted octanol–water partition coefficient (Wildman–Crippen LogP) is 25.1. The van der Waals surface area contributed by atoms with E-state index in [1.165, 1.54) is 10.9 Å². The van der Waals surface area contributed by atoms with Crippen molar-refractivity contribution in [3.05, 3.63) is 381 Å². The normalized spacial score (nSPS) is 10.8. The first-order valence-corrected chi connectivity index (χ1v) is 37.3. The zero-order valence-electron chi connectivity index (χ0n) is 64.1. The molecule has 0 aliphatic carbocycles. The Kier molecular flexibility index (Phi) is 26.7. The van der Waals surface area contributed by atoms with Gasteiger partial charge in [0.2, 0.25) is 17.1 Å². The first-order valence-electron chi connectivity index (χ1n) is 37.3. The van der Waals surface area contributed by atoms with E-state index in [1.807, 2.05) is 253 Å². The van der Waals surface area contributed by atoms with Gasteiger partial charge in [-0.3, -0.25) is 0 Å². The number of aromatic nitrogens is 9. The molecule has 0 N–H and O–H groups in total. The van der Waals surface area contributed by atoms with Crippen molar-refractivity contribution in [1.82, 2.24) is 44.9 Å². The van der Waals surface area contributed by atoms with Gasteiger partial charge in [-0.1, -0.05) is 168 Å². The average Bonchev–Trinajstić information content (AvgIpc) is 1.61. The van der Waals surface area contributed by atoms with Gasteiger partial charge < -0.3 is 43.2 Å². The van der Waals surface area contributed by atoms with E-state index >= 15 is 0 Å². The number of hydrogen-bond donors (Lipinski definition) is 0. The third-order valence-electron chi connectivity index (χ3n) is 18.9. The summed E-state index contributed by atoms with van der Waals surface area (Å²) in [4.78, 5) is 40.3. The first-order chi connectivity index (χ1) is 55.5. The van der Waals surface area contributed by atoms with Crippen LogP contribution in [0.4, 0.5) is 0 Å². The molecule has 0 aliphatic rings. The van der Waals surface area contributed by atoms with Crippen LogP contribution in [0.15, 0.2) is 329 Å². The summed E-state index contributed by atoms with van der Waals surface area (Å²) in [5, 5.41) is 13.1. The van der Waals surface area contributed by atoms with Crippen molar-refractivity contribution in [2.24, 2.45) is 5.92 Å². The van der Waals surface area contributed by atoms with Crippen molar-refractivity contribution < 1.29 is 73.6 Å². The van der Waals surface area contributed by atoms with Crippen LogP contribution in [0, 0.1) is 70.0 Å². The monoisotopic (exact) mass is 2040 g/mol. The maximum absolute atomic E-state index is 6.12. The number of furan rings is 3. The van der Waals surface area contributed by atoms with Gasteiger partial charge in [0, 0.05) is 130 Å². The summed E-state index contributed by atoms with van der Waals surface area (Å²) in [5.41, 5.74) is 20.8. The second-order valence-corrected chi connectivity index (χ2v) is 27.6. The summed E-state index contributed by atoms with van der Waals surface area (Å²) in [6, 6.07) is 114. The molecule has 9 aromatic carbocycles. The van der Waals surface area contributed by atoms with Gasteiger partial charge in [-0.2, -0.15) is 0 Å². The topological polar surface area (TPSA) is 155 Å². The fourth-order valence-corrected chi connectivity index (χ4v) is 13.5. The molecule has 12 heterocycles. The Bertz CT molecular complexity index is 6540. The predicted molar refractivity (Wildman–Crippen MR) is 456 cm³/mol. The minimum Gasteiger partial charge on any atom is -0.486 e. The SMILES string of the molecule is Cc1ccc2c(n1)oc1c(-c3cc4cc(CC(C)C)ccc4cn3)[c-]ccc12.Cc1ccc2c(n1)oc1c(-c3cc4ccccc4cn3)[c-]ccc12.Cc1ccc2c(n1)oc1c(-c3cc4ccccc4cn3)[c-]ccc12.Cc1cccc(-c2[c-]cccc2)n1.[Ir].[Ir].[Ir].[c-]1ccccc1-c1ccccn1.[c-]1ccccc1-c1ccccn1. The summed E-state index contributed by atoms with van der Waals surface area (Å²) in [7, 11) is 0. The number of rotatable bonds is 8. The van der Waals surface area contributed by atoms with Crippen LogP contribution in [0.5, 0.6) is 0 Å². The van der Waals surface area contributed by atoms with Crippen molar-refractivity contribution in [3.63, 3.8) is 0 Å². The van der Waals surface area contributed by atoms with E-state index in [0.717, 1.165) is 173 Å². The van der Waals surface area contributed by atoms with Crippen LogP contribution in [0.1, 0.15) is 42.2 Å². The van der Waals surface area contributed by atoms with Crippen molar-refractivity contribution in [2.75, 3.05) is 0 Å². The van der Waals surface area contributed by atoms with Crippen LogP contribution in [-0.4, -0.2) is 44.9 Å². The largest absolute Gasteiger partial charge is 0.486 e. The standard InChI is InChI=1S/C25H21N2O.2C21H13N2O.C12H10N.2C11H8N.3Ir/c1-15(2)11-17-8-9-18-14-26-23(13-19(18)12-17)22-6-4-5-20-21-10-7-16(3)27-25(21)28-24(20)22;2*1-13-9-10-17-16-7-4-8-18(20(16)24-21(17)23-13)19-11-14-5-2-3-6-15(14)12-22-19;1-10-6-5-9-12(13-10)11-7-3-2-4-8-11;2*1-2-6-10(7-3-1)11-8-4-5-9-12-11;;;/h4-5,7-10,12-15H,11H2,1-3H3;2*2-7,9-12H,1H3;2-7,9H,1H3;2*1-6,8-9H;;;/q6*-1;;;. The molecule has 0 aliphatic heterocycles. The smallest absolute Gasteiger partial charge is 0.216 e. The van der Waals surface area contributed by atoms with E-state index in [2.05, 4.69) is 169 Å². The van der Waals surface area contributed by atoms with Gasteiger partial charge in [0.25, 0.3) is 0 Å². The fraction of sp³-hybridized carbons (Fsp3) is 0.0792. The second-order valence-electron chi connectivity index (χ2n) is 27.6. The third-order valence-corrected chi connectivity index (χ3v) is 18.9. The molecule has 0 atom stereocenters. The Morgan fingerprint density at radius 1 is 0.276 bits per heavy atom. The van der Waals surface area contributed by atoms with Gasteiger partial charge >= 0.3 is 0 Å². The molecule has 0 saturated heterocycles. The molecule has 3 radical (unpaired) electrons. The molecule has 21 aromatic rings. The Labute approximate surface area is 713 Å². The Balaban J connectivity index is 0.000000124. The zero-order chi connectivity index (χ0) is 77.0. The molecule has 0 amide bonds. The number of nitrogens with zero attached hydrogens (tertiary/aromatic N) is 9. The summed E-state index contributed by atoms with van der Waals surface area (Å²) in [6.45, 7) is 12.4. The molecular weight excluding hydrogens is 1960 g/mol. The summed E-state index contributed by atoms with van der Waals surface area (Å²) < 4.78 is 18.2. The van der Waals surface area contributed by atoms with Gasteiger partial charge in [-0.25, -0.2) is 15.0 Å². The number of benzene rings is 9. The van der Waals surface area contributed by atoms with Crippen LogP contribution in [0.2, 0.25) is 0 Å². The molecular formula is C101H73Ir3N9O3-6. The van der Waals surface area contributed by atoms with Gasteiger partial charge in [-0.05, 0) is 167 Å². The molecule has 0 unspecified atom stereocenters. The van der Waals surface area contributed by atoms with E-state index < -0.39 is 0 Å². The summed E-state index contributed by atoms with van der Waals surface area (Å²) in [6.07, 6.45) is 10.4. The van der Waals surface area contributed by atoms with E-state index in [-0.39, 0.29) is 60.3 Å². The maximum atomic E-state index is 6.12. The molecule has 12 aromatic heterocycles. The van der Waals surface area contributed by atoms with Crippen LogP contribution >= 0.6 is 0 Å². The van der Waals surface area contributed by atoms with Gasteiger partial charge in [0.15, 0.2) is 0 Å². The van der Waals surface area contributed by atoms with Crippen LogP contribution in [0.3, 0.4) is 0 Å². The fourth-order valence-electron chi connectivity index (χ4n) is 13.5. The summed E-state index contributed by atoms with van der Waals surface area (Å²) in [5.74, 6) is 0.632. The second kappa shape index (κ2) is 38.1. The van der Waals surface area contributed by atoms with Gasteiger partial charge in [0.1, 0.15) is 0 Å². The van der Waals surface area contributed by atoms with Crippen molar-refractivity contribution in [3.8, 4) is 67.5 Å². The molecule has 0 saturated carbocycles. The van der Waals surface area contributed by atoms with Crippen molar-refractivity contribution >= 4 is 98.5 Å². The molecule has 0 fully saturated rings. The number of fused-ring (bicyclic) bond motifs is 12. The van der Waals surface area contributed by atoms with E-state index in [1.54, 1.807) is 12.4 Å². The Hall–Kier alpha value is -12.5. The minimum atomic E-state index is 0. The maximum Gasteiger partial charge on any atom is 0.216 e. The zero-order valence-corrected chi connectivity index (χ0v) is 71.2. The van der Waals surface area contributed by atoms with E-state index in [9.17, 15) is 0 Å². The first kappa shape index (κ1) is 81.5. The minimum absolute atomic E-state index is 0. The quantitative estimate of drug-likeness (QED) is 0.133. The van der Waals surface area contributed by atoms with E-state index in [4.69, 9.17) is 18.2 Å². The van der Waals surface area contributed by atoms with Crippen molar-refractivity contribution in [1.29, 1.82) is 0 Å². The average molecular weight is 2040 g/mol. The van der Waals surface area contributed by atoms with E-state index in [0.29, 0.717) is 23.1 Å². The van der Waals surface area contributed by atoms with Crippen LogP contribution in [-0.2, 0) is 66.7 Å². The number of hydrogen-bond acceptors (Lipinski definition) is 12. The van der Waals surface area contributed by atoms with Gasteiger partial charge in [-0.15, -0.1) is 162 Å². The molecule has 0 bridgehead atoms. The van der Waals surface area contributed by atoms with Crippen LogP contribution < -0.4 is 0 Å². The molecule has 15 heteroatoms. The number of pyridine rings is 9. The van der Waals surface area contributed by atoms with Crippen molar-refractivity contribution in [2.45, 2.75) is 48.0 Å². The Morgan fingerprint density at radius 2 is 0.638 bits per heavy atom. The molecule has 21 rings (SSSR count). The third kappa shape index (κ3) is 18.9. The van der Waals surface area contributed by atoms with Gasteiger partial charge in [0.05, 0.1) is 16.7 Å². The van der Waals surface area contributed by atoms with Crippen LogP contribution in [0.25, 0.3) is 166 Å². The molecule has 12 nitrogen and oxygen atoms in total. The summed E-state index contributed by atoms with van der Waals surface area (Å²) >= 11 is 0. The molecule has 573 valence electrons.